The van der Waals surface area contributed by atoms with Crippen LogP contribution in [0.2, 0.25) is 0 Å². The minimum atomic E-state index is -0.227. The van der Waals surface area contributed by atoms with Crippen molar-refractivity contribution in [2.24, 2.45) is 7.05 Å². The molecular weight excluding hydrogens is 251 g/mol. The minimum Gasteiger partial charge on any atom is -0.313 e. The van der Waals surface area contributed by atoms with Gasteiger partial charge in [0.2, 0.25) is 0 Å². The average molecular weight is 266 g/mol. The van der Waals surface area contributed by atoms with Crippen molar-refractivity contribution >= 4 is 11.8 Å². The Hall–Kier alpha value is -1.40. The third-order valence-corrected chi connectivity index (χ3v) is 3.89. The molecule has 0 aliphatic carbocycles. The summed E-state index contributed by atoms with van der Waals surface area (Å²) in [6, 6.07) is 4.87. The fourth-order valence-corrected chi connectivity index (χ4v) is 2.55. The number of aryl methyl sites for hydroxylation is 1. The first-order chi connectivity index (χ1) is 8.61. The van der Waals surface area contributed by atoms with Gasteiger partial charge in [0.05, 0.1) is 0 Å². The van der Waals surface area contributed by atoms with Crippen molar-refractivity contribution in [1.29, 1.82) is 0 Å². The lowest BCUT2D eigenvalue weighted by molar-refractivity contribution is 0.601. The van der Waals surface area contributed by atoms with Crippen molar-refractivity contribution < 1.29 is 4.39 Å². The van der Waals surface area contributed by atoms with Gasteiger partial charge in [-0.25, -0.2) is 14.1 Å². The highest BCUT2D eigenvalue weighted by molar-refractivity contribution is 7.99. The van der Waals surface area contributed by atoms with E-state index >= 15 is 0 Å². The van der Waals surface area contributed by atoms with E-state index in [-0.39, 0.29) is 11.9 Å². The Kier molecular flexibility index (Phi) is 3.98. The number of rotatable bonds is 4. The smallest absolute Gasteiger partial charge is 0.190 e. The molecule has 1 atom stereocenters. The lowest BCUT2D eigenvalue weighted by atomic mass is 10.1. The number of nitrogens with zero attached hydrogens (tertiary/aromatic N) is 3. The normalized spacial score (nSPS) is 12.7. The van der Waals surface area contributed by atoms with Crippen LogP contribution in [0.5, 0.6) is 0 Å². The van der Waals surface area contributed by atoms with Crippen LogP contribution < -0.4 is 5.32 Å². The number of halogens is 1. The molecule has 1 heterocycles. The summed E-state index contributed by atoms with van der Waals surface area (Å²) in [5.74, 6) is -0.227. The zero-order valence-corrected chi connectivity index (χ0v) is 11.3. The number of hydrogen-bond donors (Lipinski definition) is 1. The lowest BCUT2D eigenvalue weighted by Crippen LogP contribution is -2.13. The van der Waals surface area contributed by atoms with Crippen LogP contribution in [-0.2, 0) is 7.05 Å². The molecule has 2 aromatic rings. The average Bonchev–Trinajstić information content (AvgIpc) is 2.76. The molecule has 0 radical (unpaired) electrons. The summed E-state index contributed by atoms with van der Waals surface area (Å²) in [4.78, 5) is 5.14. The van der Waals surface area contributed by atoms with Crippen LogP contribution >= 0.6 is 11.8 Å². The van der Waals surface area contributed by atoms with E-state index in [1.165, 1.54) is 24.2 Å². The Labute approximate surface area is 110 Å². The molecule has 18 heavy (non-hydrogen) atoms. The molecule has 0 bridgehead atoms. The molecule has 96 valence electrons. The van der Waals surface area contributed by atoms with Gasteiger partial charge in [-0.05, 0) is 49.5 Å². The van der Waals surface area contributed by atoms with Crippen molar-refractivity contribution in [2.45, 2.75) is 23.0 Å². The monoisotopic (exact) mass is 266 g/mol. The van der Waals surface area contributed by atoms with E-state index < -0.39 is 0 Å². The highest BCUT2D eigenvalue weighted by atomic mass is 32.2. The van der Waals surface area contributed by atoms with Gasteiger partial charge < -0.3 is 5.32 Å². The predicted molar refractivity (Wildman–Crippen MR) is 69.0 cm³/mol. The Balaban J connectivity index is 2.35. The molecule has 0 aliphatic heterocycles. The fourth-order valence-electron chi connectivity index (χ4n) is 1.58. The lowest BCUT2D eigenvalue weighted by Gasteiger charge is -2.15. The summed E-state index contributed by atoms with van der Waals surface area (Å²) in [6.07, 6.45) is 1.51. The largest absolute Gasteiger partial charge is 0.313 e. The SMILES string of the molecule is CNC(C)c1cc(F)ccc1Sc1ncnn1C. The van der Waals surface area contributed by atoms with Gasteiger partial charge in [-0.1, -0.05) is 0 Å². The second kappa shape index (κ2) is 5.49. The van der Waals surface area contributed by atoms with E-state index in [0.717, 1.165) is 15.6 Å². The third kappa shape index (κ3) is 2.70. The van der Waals surface area contributed by atoms with E-state index in [9.17, 15) is 4.39 Å². The maximum Gasteiger partial charge on any atom is 0.190 e. The summed E-state index contributed by atoms with van der Waals surface area (Å²) in [5, 5.41) is 7.92. The first-order valence-electron chi connectivity index (χ1n) is 5.60. The first-order valence-corrected chi connectivity index (χ1v) is 6.42. The predicted octanol–water partition coefficient (Wildman–Crippen LogP) is 2.39. The van der Waals surface area contributed by atoms with Crippen LogP contribution in [0, 0.1) is 5.82 Å². The topological polar surface area (TPSA) is 42.7 Å². The molecule has 4 nitrogen and oxygen atoms in total. The van der Waals surface area contributed by atoms with Crippen molar-refractivity contribution in [1.82, 2.24) is 20.1 Å². The quantitative estimate of drug-likeness (QED) is 0.922. The molecule has 0 aliphatic rings. The molecular formula is C12H15FN4S. The summed E-state index contributed by atoms with van der Waals surface area (Å²) in [6.45, 7) is 2.00. The Morgan fingerprint density at radius 3 is 2.83 bits per heavy atom. The van der Waals surface area contributed by atoms with E-state index in [2.05, 4.69) is 15.4 Å². The Morgan fingerprint density at radius 1 is 1.44 bits per heavy atom. The summed E-state index contributed by atoms with van der Waals surface area (Å²) < 4.78 is 15.0. The van der Waals surface area contributed by atoms with E-state index in [0.29, 0.717) is 0 Å². The number of aromatic nitrogens is 3. The van der Waals surface area contributed by atoms with E-state index in [4.69, 9.17) is 0 Å². The van der Waals surface area contributed by atoms with Crippen LogP contribution in [-0.4, -0.2) is 21.8 Å². The highest BCUT2D eigenvalue weighted by Crippen LogP contribution is 2.32. The van der Waals surface area contributed by atoms with Gasteiger partial charge in [-0.2, -0.15) is 5.10 Å². The summed E-state index contributed by atoms with van der Waals surface area (Å²) in [7, 11) is 3.69. The van der Waals surface area contributed by atoms with Crippen molar-refractivity contribution in [2.75, 3.05) is 7.05 Å². The van der Waals surface area contributed by atoms with Crippen molar-refractivity contribution in [3.8, 4) is 0 Å². The molecule has 2 rings (SSSR count). The van der Waals surface area contributed by atoms with E-state index in [1.54, 1.807) is 16.8 Å². The second-order valence-corrected chi connectivity index (χ2v) is 4.97. The van der Waals surface area contributed by atoms with Gasteiger partial charge in [0.25, 0.3) is 0 Å². The van der Waals surface area contributed by atoms with E-state index in [1.807, 2.05) is 21.0 Å². The Bertz CT molecular complexity index is 541. The molecule has 0 saturated carbocycles. The number of benzene rings is 1. The number of hydrogen-bond acceptors (Lipinski definition) is 4. The molecule has 1 aromatic carbocycles. The van der Waals surface area contributed by atoms with Crippen molar-refractivity contribution in [3.05, 3.63) is 35.9 Å². The highest BCUT2D eigenvalue weighted by Gasteiger charge is 2.13. The van der Waals surface area contributed by atoms with Gasteiger partial charge in [0.15, 0.2) is 5.16 Å². The zero-order valence-electron chi connectivity index (χ0n) is 10.5. The molecule has 0 saturated heterocycles. The summed E-state index contributed by atoms with van der Waals surface area (Å²) >= 11 is 1.48. The molecule has 1 N–H and O–H groups in total. The van der Waals surface area contributed by atoms with Gasteiger partial charge in [0, 0.05) is 18.0 Å². The van der Waals surface area contributed by atoms with Crippen LogP contribution in [0.1, 0.15) is 18.5 Å². The van der Waals surface area contributed by atoms with Crippen LogP contribution in [0.15, 0.2) is 34.6 Å². The van der Waals surface area contributed by atoms with Crippen LogP contribution in [0.25, 0.3) is 0 Å². The van der Waals surface area contributed by atoms with Gasteiger partial charge >= 0.3 is 0 Å². The standard InChI is InChI=1S/C12H15FN4S/c1-8(14-2)10-6-9(13)4-5-11(10)18-12-15-7-16-17(12)3/h4-8,14H,1-3H3. The van der Waals surface area contributed by atoms with Gasteiger partial charge in [-0.3, -0.25) is 0 Å². The molecule has 1 unspecified atom stereocenters. The van der Waals surface area contributed by atoms with Crippen molar-refractivity contribution in [3.63, 3.8) is 0 Å². The maximum atomic E-state index is 13.3. The maximum absolute atomic E-state index is 13.3. The Morgan fingerprint density at radius 2 is 2.22 bits per heavy atom. The molecule has 1 aromatic heterocycles. The summed E-state index contributed by atoms with van der Waals surface area (Å²) in [5.41, 5.74) is 0.922. The second-order valence-electron chi connectivity index (χ2n) is 3.96. The first kappa shape index (κ1) is 13.0. The minimum absolute atomic E-state index is 0.0800. The fraction of sp³-hybridized carbons (Fsp3) is 0.333. The number of nitrogens with one attached hydrogen (secondary N) is 1. The molecule has 0 fully saturated rings. The zero-order chi connectivity index (χ0) is 13.1. The molecule has 6 heteroatoms. The van der Waals surface area contributed by atoms with Gasteiger partial charge in [0.1, 0.15) is 12.1 Å². The molecule has 0 amide bonds. The third-order valence-electron chi connectivity index (χ3n) is 2.74. The van der Waals surface area contributed by atoms with Crippen LogP contribution in [0.4, 0.5) is 4.39 Å². The van der Waals surface area contributed by atoms with Crippen LogP contribution in [0.3, 0.4) is 0 Å². The van der Waals surface area contributed by atoms with Gasteiger partial charge in [-0.15, -0.1) is 0 Å². The molecule has 0 spiro atoms.